The molecule has 0 radical (unpaired) electrons. The van der Waals surface area contributed by atoms with E-state index in [0.717, 1.165) is 17.1 Å². The molecular formula is C19H23ClN2O3. The van der Waals surface area contributed by atoms with Crippen molar-refractivity contribution in [2.24, 2.45) is 0 Å². The van der Waals surface area contributed by atoms with Gasteiger partial charge in [0.05, 0.1) is 13.2 Å². The number of hydrogen-bond acceptors (Lipinski definition) is 3. The van der Waals surface area contributed by atoms with Crippen LogP contribution in [0.15, 0.2) is 42.5 Å². The van der Waals surface area contributed by atoms with Gasteiger partial charge in [0.2, 0.25) is 0 Å². The molecule has 2 amide bonds. The fourth-order valence-corrected chi connectivity index (χ4v) is 2.41. The van der Waals surface area contributed by atoms with Crippen LogP contribution in [0.1, 0.15) is 19.4 Å². The second-order valence-electron chi connectivity index (χ2n) is 5.28. The minimum Gasteiger partial charge on any atom is -0.490 e. The van der Waals surface area contributed by atoms with Crippen LogP contribution in [0.5, 0.6) is 11.5 Å². The van der Waals surface area contributed by atoms with Crippen LogP contribution in [-0.4, -0.2) is 25.8 Å². The van der Waals surface area contributed by atoms with E-state index in [0.29, 0.717) is 36.9 Å². The topological polar surface area (TPSA) is 59.6 Å². The number of anilines is 1. The SMILES string of the molecule is CCOc1ccc(CCNC(=O)Nc2ccc(Cl)cc2)cc1OCC. The van der Waals surface area contributed by atoms with E-state index >= 15 is 0 Å². The molecule has 2 N–H and O–H groups in total. The van der Waals surface area contributed by atoms with Crippen LogP contribution in [0.2, 0.25) is 5.02 Å². The summed E-state index contributed by atoms with van der Waals surface area (Å²) in [5, 5.41) is 6.22. The zero-order valence-corrected chi connectivity index (χ0v) is 15.2. The zero-order valence-electron chi connectivity index (χ0n) is 14.5. The van der Waals surface area contributed by atoms with Gasteiger partial charge in [0.15, 0.2) is 11.5 Å². The molecule has 0 unspecified atom stereocenters. The van der Waals surface area contributed by atoms with Gasteiger partial charge in [-0.25, -0.2) is 4.79 Å². The number of carbonyl (C=O) groups excluding carboxylic acids is 1. The molecule has 0 atom stereocenters. The van der Waals surface area contributed by atoms with Gasteiger partial charge < -0.3 is 20.1 Å². The monoisotopic (exact) mass is 362 g/mol. The number of urea groups is 1. The van der Waals surface area contributed by atoms with Gasteiger partial charge in [-0.3, -0.25) is 0 Å². The average molecular weight is 363 g/mol. The smallest absolute Gasteiger partial charge is 0.319 e. The number of halogens is 1. The molecule has 0 heterocycles. The third-order valence-electron chi connectivity index (χ3n) is 3.41. The Kier molecular flexibility index (Phi) is 7.41. The Bertz CT molecular complexity index is 690. The molecule has 0 bridgehead atoms. The molecule has 0 saturated heterocycles. The van der Waals surface area contributed by atoms with Gasteiger partial charge in [0.1, 0.15) is 0 Å². The third kappa shape index (κ3) is 6.19. The van der Waals surface area contributed by atoms with Crippen LogP contribution in [0.25, 0.3) is 0 Å². The van der Waals surface area contributed by atoms with Crippen molar-refractivity contribution < 1.29 is 14.3 Å². The molecule has 6 heteroatoms. The Hall–Kier alpha value is -2.40. The van der Waals surface area contributed by atoms with Crippen LogP contribution in [-0.2, 0) is 6.42 Å². The van der Waals surface area contributed by atoms with Crippen molar-refractivity contribution in [2.45, 2.75) is 20.3 Å². The summed E-state index contributed by atoms with van der Waals surface area (Å²) in [6, 6.07) is 12.5. The molecule has 0 fully saturated rings. The highest BCUT2D eigenvalue weighted by molar-refractivity contribution is 6.30. The molecule has 0 saturated carbocycles. The van der Waals surface area contributed by atoms with Crippen LogP contribution < -0.4 is 20.1 Å². The lowest BCUT2D eigenvalue weighted by Gasteiger charge is -2.13. The first-order valence-corrected chi connectivity index (χ1v) is 8.69. The molecule has 134 valence electrons. The van der Waals surface area contributed by atoms with Gasteiger partial charge in [0, 0.05) is 17.3 Å². The van der Waals surface area contributed by atoms with Crippen LogP contribution in [0.4, 0.5) is 10.5 Å². The van der Waals surface area contributed by atoms with E-state index in [1.165, 1.54) is 0 Å². The minimum absolute atomic E-state index is 0.252. The standard InChI is InChI=1S/C19H23ClN2O3/c1-3-24-17-10-5-14(13-18(17)25-4-2)11-12-21-19(23)22-16-8-6-15(20)7-9-16/h5-10,13H,3-4,11-12H2,1-2H3,(H2,21,22,23). The van der Waals surface area contributed by atoms with Crippen molar-refractivity contribution in [3.8, 4) is 11.5 Å². The van der Waals surface area contributed by atoms with E-state index in [2.05, 4.69) is 10.6 Å². The molecule has 5 nitrogen and oxygen atoms in total. The first-order chi connectivity index (χ1) is 12.1. The van der Waals surface area contributed by atoms with Crippen molar-refractivity contribution in [1.82, 2.24) is 5.32 Å². The van der Waals surface area contributed by atoms with Crippen molar-refractivity contribution in [2.75, 3.05) is 25.1 Å². The van der Waals surface area contributed by atoms with Gasteiger partial charge in [-0.1, -0.05) is 17.7 Å². The molecule has 25 heavy (non-hydrogen) atoms. The normalized spacial score (nSPS) is 10.2. The van der Waals surface area contributed by atoms with Gasteiger partial charge >= 0.3 is 6.03 Å². The van der Waals surface area contributed by atoms with Crippen LogP contribution in [0, 0.1) is 0 Å². The summed E-state index contributed by atoms with van der Waals surface area (Å²) in [6.07, 6.45) is 0.695. The summed E-state index contributed by atoms with van der Waals surface area (Å²) in [7, 11) is 0. The number of nitrogens with one attached hydrogen (secondary N) is 2. The van der Waals surface area contributed by atoms with E-state index in [-0.39, 0.29) is 6.03 Å². The van der Waals surface area contributed by atoms with Crippen molar-refractivity contribution in [3.05, 3.63) is 53.1 Å². The summed E-state index contributed by atoms with van der Waals surface area (Å²) in [6.45, 7) is 5.55. The largest absolute Gasteiger partial charge is 0.490 e. The van der Waals surface area contributed by atoms with Crippen molar-refractivity contribution >= 4 is 23.3 Å². The van der Waals surface area contributed by atoms with Gasteiger partial charge in [-0.2, -0.15) is 0 Å². The van der Waals surface area contributed by atoms with Crippen LogP contribution >= 0.6 is 11.6 Å². The summed E-state index contributed by atoms with van der Waals surface area (Å²) < 4.78 is 11.2. The minimum atomic E-state index is -0.252. The Morgan fingerprint density at radius 3 is 2.36 bits per heavy atom. The van der Waals surface area contributed by atoms with E-state index in [1.54, 1.807) is 24.3 Å². The first-order valence-electron chi connectivity index (χ1n) is 8.31. The summed E-state index contributed by atoms with van der Waals surface area (Å²) in [4.78, 5) is 11.9. The number of rotatable bonds is 8. The van der Waals surface area contributed by atoms with Crippen molar-refractivity contribution in [3.63, 3.8) is 0 Å². The average Bonchev–Trinajstić information content (AvgIpc) is 2.59. The van der Waals surface area contributed by atoms with E-state index in [9.17, 15) is 4.79 Å². The highest BCUT2D eigenvalue weighted by Crippen LogP contribution is 2.28. The highest BCUT2D eigenvalue weighted by atomic mass is 35.5. The first kappa shape index (κ1) is 18.9. The number of amides is 2. The van der Waals surface area contributed by atoms with Crippen LogP contribution in [0.3, 0.4) is 0 Å². The van der Waals surface area contributed by atoms with Crippen molar-refractivity contribution in [1.29, 1.82) is 0 Å². The molecule has 0 aliphatic heterocycles. The number of ether oxygens (including phenoxy) is 2. The Morgan fingerprint density at radius 1 is 1.00 bits per heavy atom. The van der Waals surface area contributed by atoms with Gasteiger partial charge in [-0.05, 0) is 62.2 Å². The molecule has 0 spiro atoms. The van der Waals surface area contributed by atoms with Gasteiger partial charge in [-0.15, -0.1) is 0 Å². The highest BCUT2D eigenvalue weighted by Gasteiger charge is 2.07. The maximum absolute atomic E-state index is 11.9. The number of hydrogen-bond donors (Lipinski definition) is 2. The predicted octanol–water partition coefficient (Wildman–Crippen LogP) is 4.50. The second-order valence-corrected chi connectivity index (χ2v) is 5.72. The quantitative estimate of drug-likeness (QED) is 0.726. The summed E-state index contributed by atoms with van der Waals surface area (Å²) in [5.41, 5.74) is 1.76. The number of carbonyl (C=O) groups is 1. The lowest BCUT2D eigenvalue weighted by Crippen LogP contribution is -2.30. The van der Waals surface area contributed by atoms with Gasteiger partial charge in [0.25, 0.3) is 0 Å². The van der Waals surface area contributed by atoms with E-state index in [1.807, 2.05) is 32.0 Å². The fourth-order valence-electron chi connectivity index (χ4n) is 2.28. The summed E-state index contributed by atoms with van der Waals surface area (Å²) >= 11 is 5.82. The molecule has 2 aromatic carbocycles. The lowest BCUT2D eigenvalue weighted by molar-refractivity contribution is 0.252. The lowest BCUT2D eigenvalue weighted by atomic mass is 10.1. The molecule has 0 aliphatic carbocycles. The third-order valence-corrected chi connectivity index (χ3v) is 3.66. The zero-order chi connectivity index (χ0) is 18.1. The maximum atomic E-state index is 11.9. The Labute approximate surface area is 153 Å². The molecule has 0 aliphatic rings. The molecule has 2 rings (SSSR count). The summed E-state index contributed by atoms with van der Waals surface area (Å²) in [5.74, 6) is 1.47. The van der Waals surface area contributed by atoms with E-state index in [4.69, 9.17) is 21.1 Å². The molecule has 2 aromatic rings. The maximum Gasteiger partial charge on any atom is 0.319 e. The molecular weight excluding hydrogens is 340 g/mol. The number of benzene rings is 2. The Balaban J connectivity index is 1.85. The van der Waals surface area contributed by atoms with E-state index < -0.39 is 0 Å². The Morgan fingerprint density at radius 2 is 1.68 bits per heavy atom. The second kappa shape index (κ2) is 9.79. The molecule has 0 aromatic heterocycles. The fraction of sp³-hybridized carbons (Fsp3) is 0.316. The predicted molar refractivity (Wildman–Crippen MR) is 101 cm³/mol.